The van der Waals surface area contributed by atoms with Crippen molar-refractivity contribution in [3.63, 3.8) is 0 Å². The minimum absolute atomic E-state index is 0.127. The average Bonchev–Trinajstić information content (AvgIpc) is 2.66. The van der Waals surface area contributed by atoms with Crippen molar-refractivity contribution in [1.29, 1.82) is 0 Å². The molecule has 0 amide bonds. The first-order valence-corrected chi connectivity index (χ1v) is 8.44. The highest BCUT2D eigenvalue weighted by atomic mass is 35.5. The number of para-hydroxylation sites is 1. The first-order valence-electron chi connectivity index (χ1n) is 8.06. The van der Waals surface area contributed by atoms with Gasteiger partial charge in [-0.15, -0.1) is 0 Å². The second-order valence-corrected chi connectivity index (χ2v) is 6.74. The molecule has 3 aromatic rings. The molecule has 0 aliphatic rings. The summed E-state index contributed by atoms with van der Waals surface area (Å²) in [6.07, 6.45) is -6.91. The van der Waals surface area contributed by atoms with Crippen LogP contribution in [0.15, 0.2) is 54.6 Å². The van der Waals surface area contributed by atoms with Crippen molar-refractivity contribution in [2.45, 2.75) is 23.9 Å². The Hall–Kier alpha value is -2.49. The number of pyridine rings is 1. The predicted molar refractivity (Wildman–Crippen MR) is 92.0 cm³/mol. The molecular weight excluding hydrogens is 449 g/mol. The third-order valence-electron chi connectivity index (χ3n) is 4.34. The van der Waals surface area contributed by atoms with Gasteiger partial charge in [0.1, 0.15) is 5.69 Å². The predicted octanol–water partition coefficient (Wildman–Crippen LogP) is 7.48. The zero-order valence-corrected chi connectivity index (χ0v) is 15.2. The van der Waals surface area contributed by atoms with Gasteiger partial charge < -0.3 is 0 Å². The number of benzene rings is 2. The lowest BCUT2D eigenvalue weighted by atomic mass is 9.95. The zero-order valence-electron chi connectivity index (χ0n) is 14.4. The van der Waals surface area contributed by atoms with E-state index in [1.165, 1.54) is 42.5 Å². The highest BCUT2D eigenvalue weighted by molar-refractivity contribution is 6.30. The van der Waals surface area contributed by atoms with E-state index < -0.39 is 29.6 Å². The van der Waals surface area contributed by atoms with Gasteiger partial charge in [-0.3, -0.25) is 0 Å². The second kappa shape index (κ2) is 7.04. The quantitative estimate of drug-likeness (QED) is 0.370. The number of hydrogen-bond donors (Lipinski definition) is 0. The summed E-state index contributed by atoms with van der Waals surface area (Å²) in [5.41, 5.74) is -2.18. The van der Waals surface area contributed by atoms with Gasteiger partial charge in [-0.25, -0.2) is 4.98 Å². The molecule has 0 fully saturated rings. The molecule has 0 bridgehead atoms. The van der Waals surface area contributed by atoms with Gasteiger partial charge in [0.15, 0.2) is 0 Å². The molecule has 1 heterocycles. The lowest BCUT2D eigenvalue weighted by Crippen LogP contribution is -2.59. The van der Waals surface area contributed by atoms with Crippen LogP contribution in [0.25, 0.3) is 22.0 Å². The van der Waals surface area contributed by atoms with E-state index in [0.717, 1.165) is 6.07 Å². The zero-order chi connectivity index (χ0) is 22.5. The van der Waals surface area contributed by atoms with E-state index in [1.807, 2.05) is 0 Å². The van der Waals surface area contributed by atoms with Gasteiger partial charge in [0, 0.05) is 10.4 Å². The van der Waals surface area contributed by atoms with Gasteiger partial charge in [0.05, 0.1) is 5.52 Å². The normalized spacial score (nSPS) is 13.7. The Morgan fingerprint density at radius 1 is 0.700 bits per heavy atom. The van der Waals surface area contributed by atoms with Gasteiger partial charge in [-0.05, 0) is 35.4 Å². The largest absolute Gasteiger partial charge is 0.460 e. The molecule has 1 aromatic heterocycles. The van der Waals surface area contributed by atoms with Crippen molar-refractivity contribution >= 4 is 22.5 Å². The van der Waals surface area contributed by atoms with E-state index in [-0.39, 0.29) is 27.1 Å². The van der Waals surface area contributed by atoms with Crippen molar-refractivity contribution in [3.8, 4) is 11.1 Å². The van der Waals surface area contributed by atoms with E-state index in [1.54, 1.807) is 0 Å². The number of aromatic nitrogens is 1. The smallest absolute Gasteiger partial charge is 0.246 e. The van der Waals surface area contributed by atoms with Gasteiger partial charge in [0.25, 0.3) is 0 Å². The van der Waals surface area contributed by atoms with Gasteiger partial charge in [-0.1, -0.05) is 41.9 Å². The summed E-state index contributed by atoms with van der Waals surface area (Å²) in [5, 5.41) is 0.448. The van der Waals surface area contributed by atoms with E-state index in [2.05, 4.69) is 4.98 Å². The molecule has 0 saturated heterocycles. The lowest BCUT2D eigenvalue weighted by Gasteiger charge is -2.33. The Kier molecular flexibility index (Phi) is 5.21. The van der Waals surface area contributed by atoms with Crippen molar-refractivity contribution < 1.29 is 39.5 Å². The standard InChI is InChI=1S/C19H9ClF9N/c20-11-7-5-10(6-8-11)13-9-15(30-14-4-2-1-3-12(13)14)16(21,22)17(23,24)18(25,26)19(27,28)29/h1-9H. The lowest BCUT2D eigenvalue weighted by molar-refractivity contribution is -0.400. The van der Waals surface area contributed by atoms with Crippen LogP contribution in [0.4, 0.5) is 39.5 Å². The maximum Gasteiger partial charge on any atom is 0.460 e. The fourth-order valence-electron chi connectivity index (χ4n) is 2.74. The number of nitrogens with zero attached hydrogens (tertiary/aromatic N) is 1. The van der Waals surface area contributed by atoms with Crippen LogP contribution in [0.3, 0.4) is 0 Å². The van der Waals surface area contributed by atoms with Crippen LogP contribution in [0.1, 0.15) is 5.69 Å². The van der Waals surface area contributed by atoms with Crippen LogP contribution < -0.4 is 0 Å². The first kappa shape index (κ1) is 22.2. The second-order valence-electron chi connectivity index (χ2n) is 6.30. The van der Waals surface area contributed by atoms with Crippen LogP contribution in [-0.2, 0) is 5.92 Å². The topological polar surface area (TPSA) is 12.9 Å². The molecule has 160 valence electrons. The molecule has 0 atom stereocenters. The van der Waals surface area contributed by atoms with E-state index in [0.29, 0.717) is 6.07 Å². The molecule has 0 N–H and O–H groups in total. The monoisotopic (exact) mass is 457 g/mol. The van der Waals surface area contributed by atoms with Crippen molar-refractivity contribution in [3.05, 3.63) is 65.3 Å². The van der Waals surface area contributed by atoms with Crippen LogP contribution in [0, 0.1) is 0 Å². The Labute approximate surface area is 168 Å². The molecule has 30 heavy (non-hydrogen) atoms. The van der Waals surface area contributed by atoms with Gasteiger partial charge in [-0.2, -0.15) is 39.5 Å². The molecular formula is C19H9ClF9N. The van der Waals surface area contributed by atoms with E-state index >= 15 is 0 Å². The number of rotatable bonds is 4. The Morgan fingerprint density at radius 2 is 1.27 bits per heavy atom. The summed E-state index contributed by atoms with van der Waals surface area (Å²) < 4.78 is 120. The summed E-state index contributed by atoms with van der Waals surface area (Å²) in [6, 6.07) is 11.1. The maximum absolute atomic E-state index is 14.4. The van der Waals surface area contributed by atoms with Crippen LogP contribution in [-0.4, -0.2) is 23.0 Å². The van der Waals surface area contributed by atoms with Gasteiger partial charge >= 0.3 is 23.9 Å². The van der Waals surface area contributed by atoms with Crippen molar-refractivity contribution in [2.24, 2.45) is 0 Å². The Balaban J connectivity index is 2.27. The minimum Gasteiger partial charge on any atom is -0.246 e. The summed E-state index contributed by atoms with van der Waals surface area (Å²) in [7, 11) is 0. The highest BCUT2D eigenvalue weighted by Gasteiger charge is 2.82. The molecule has 3 rings (SSSR count). The molecule has 0 radical (unpaired) electrons. The molecule has 0 unspecified atom stereocenters. The molecule has 11 heteroatoms. The third-order valence-corrected chi connectivity index (χ3v) is 4.59. The molecule has 0 spiro atoms. The minimum atomic E-state index is -7.00. The number of alkyl halides is 9. The SMILES string of the molecule is FC(F)(F)C(F)(F)C(F)(F)C(F)(F)c1cc(-c2ccc(Cl)cc2)c2ccccc2n1. The summed E-state index contributed by atoms with van der Waals surface area (Å²) >= 11 is 5.75. The maximum atomic E-state index is 14.4. The van der Waals surface area contributed by atoms with E-state index in [4.69, 9.17) is 11.6 Å². The Morgan fingerprint density at radius 3 is 1.83 bits per heavy atom. The molecule has 0 aliphatic heterocycles. The summed E-state index contributed by atoms with van der Waals surface area (Å²) in [6.45, 7) is 0. The molecule has 0 aliphatic carbocycles. The highest BCUT2D eigenvalue weighted by Crippen LogP contribution is 2.56. The van der Waals surface area contributed by atoms with Crippen molar-refractivity contribution in [1.82, 2.24) is 4.98 Å². The fraction of sp³-hybridized carbons (Fsp3) is 0.211. The Bertz CT molecular complexity index is 1080. The average molecular weight is 458 g/mol. The number of fused-ring (bicyclic) bond motifs is 1. The van der Waals surface area contributed by atoms with Crippen LogP contribution in [0.2, 0.25) is 5.02 Å². The molecule has 2 aromatic carbocycles. The first-order chi connectivity index (χ1) is 13.7. The van der Waals surface area contributed by atoms with E-state index in [9.17, 15) is 39.5 Å². The fourth-order valence-corrected chi connectivity index (χ4v) is 2.87. The molecule has 1 nitrogen and oxygen atoms in total. The number of hydrogen-bond acceptors (Lipinski definition) is 1. The van der Waals surface area contributed by atoms with Gasteiger partial charge in [0.2, 0.25) is 0 Å². The third kappa shape index (κ3) is 3.36. The van der Waals surface area contributed by atoms with Crippen LogP contribution >= 0.6 is 11.6 Å². The molecule has 0 saturated carbocycles. The number of halogens is 10. The summed E-state index contributed by atoms with van der Waals surface area (Å²) in [4.78, 5) is 3.26. The van der Waals surface area contributed by atoms with Crippen molar-refractivity contribution in [2.75, 3.05) is 0 Å². The summed E-state index contributed by atoms with van der Waals surface area (Å²) in [5.74, 6) is -19.8. The van der Waals surface area contributed by atoms with Crippen LogP contribution in [0.5, 0.6) is 0 Å².